The van der Waals surface area contributed by atoms with Gasteiger partial charge in [-0.1, -0.05) is 25.0 Å². The molecule has 1 saturated carbocycles. The topological polar surface area (TPSA) is 32.3 Å². The zero-order valence-corrected chi connectivity index (χ0v) is 9.32. The number of benzene rings is 1. The van der Waals surface area contributed by atoms with E-state index in [2.05, 4.69) is 5.32 Å². The fourth-order valence-corrected chi connectivity index (χ4v) is 2.33. The van der Waals surface area contributed by atoms with Crippen LogP contribution in [0.15, 0.2) is 24.3 Å². The summed E-state index contributed by atoms with van der Waals surface area (Å²) in [4.78, 5) is 0. The van der Waals surface area contributed by atoms with Crippen molar-refractivity contribution in [1.82, 2.24) is 5.32 Å². The molecule has 1 aliphatic carbocycles. The van der Waals surface area contributed by atoms with Crippen molar-refractivity contribution in [2.75, 3.05) is 6.61 Å². The second-order valence-corrected chi connectivity index (χ2v) is 4.43. The summed E-state index contributed by atoms with van der Waals surface area (Å²) >= 11 is 0. The van der Waals surface area contributed by atoms with E-state index in [-0.39, 0.29) is 18.5 Å². The van der Waals surface area contributed by atoms with E-state index in [1.165, 1.54) is 37.8 Å². The van der Waals surface area contributed by atoms with Gasteiger partial charge in [-0.3, -0.25) is 0 Å². The second kappa shape index (κ2) is 5.41. The first-order valence-corrected chi connectivity index (χ1v) is 5.92. The number of hydrogen-bond donors (Lipinski definition) is 2. The van der Waals surface area contributed by atoms with Crippen molar-refractivity contribution >= 4 is 0 Å². The molecule has 0 radical (unpaired) electrons. The molecule has 3 heteroatoms. The third-order valence-corrected chi connectivity index (χ3v) is 3.25. The van der Waals surface area contributed by atoms with Crippen LogP contribution in [0.4, 0.5) is 4.39 Å². The van der Waals surface area contributed by atoms with E-state index in [4.69, 9.17) is 0 Å². The Labute approximate surface area is 95.5 Å². The number of hydrogen-bond acceptors (Lipinski definition) is 2. The van der Waals surface area contributed by atoms with Crippen LogP contribution in [0.5, 0.6) is 0 Å². The summed E-state index contributed by atoms with van der Waals surface area (Å²) in [6.07, 6.45) is 4.88. The molecule has 0 aliphatic heterocycles. The lowest BCUT2D eigenvalue weighted by Gasteiger charge is -2.21. The zero-order chi connectivity index (χ0) is 11.4. The average Bonchev–Trinajstić information content (AvgIpc) is 2.80. The lowest BCUT2D eigenvalue weighted by atomic mass is 10.1. The summed E-state index contributed by atoms with van der Waals surface area (Å²) in [6.45, 7) is 0.0577. The first kappa shape index (κ1) is 11.6. The molecule has 2 rings (SSSR count). The smallest absolute Gasteiger partial charge is 0.123 e. The van der Waals surface area contributed by atoms with Gasteiger partial charge in [0.2, 0.25) is 0 Å². The van der Waals surface area contributed by atoms with Gasteiger partial charge in [0.25, 0.3) is 0 Å². The molecule has 1 aromatic rings. The van der Waals surface area contributed by atoms with Crippen LogP contribution in [0, 0.1) is 5.82 Å². The first-order valence-electron chi connectivity index (χ1n) is 5.92. The molecule has 1 aromatic carbocycles. The number of halogens is 1. The zero-order valence-electron chi connectivity index (χ0n) is 9.32. The van der Waals surface area contributed by atoms with Crippen molar-refractivity contribution < 1.29 is 9.50 Å². The van der Waals surface area contributed by atoms with E-state index in [0.29, 0.717) is 6.04 Å². The quantitative estimate of drug-likeness (QED) is 0.821. The molecule has 1 unspecified atom stereocenters. The van der Waals surface area contributed by atoms with Crippen LogP contribution in [0.1, 0.15) is 37.3 Å². The van der Waals surface area contributed by atoms with Crippen LogP contribution in [0.3, 0.4) is 0 Å². The van der Waals surface area contributed by atoms with E-state index < -0.39 is 0 Å². The largest absolute Gasteiger partial charge is 0.394 e. The molecule has 16 heavy (non-hydrogen) atoms. The molecule has 0 aromatic heterocycles. The van der Waals surface area contributed by atoms with Crippen molar-refractivity contribution in [2.45, 2.75) is 37.8 Å². The van der Waals surface area contributed by atoms with Crippen LogP contribution in [0.2, 0.25) is 0 Å². The van der Waals surface area contributed by atoms with Crippen LogP contribution < -0.4 is 5.32 Å². The van der Waals surface area contributed by atoms with Crippen molar-refractivity contribution in [3.63, 3.8) is 0 Å². The summed E-state index contributed by atoms with van der Waals surface area (Å²) in [6, 6.07) is 6.78. The van der Waals surface area contributed by atoms with E-state index >= 15 is 0 Å². The fraction of sp³-hybridized carbons (Fsp3) is 0.538. The van der Waals surface area contributed by atoms with E-state index in [9.17, 15) is 9.50 Å². The highest BCUT2D eigenvalue weighted by Gasteiger charge is 2.19. The molecule has 2 nitrogen and oxygen atoms in total. The van der Waals surface area contributed by atoms with Gasteiger partial charge < -0.3 is 10.4 Å². The summed E-state index contributed by atoms with van der Waals surface area (Å²) < 4.78 is 12.8. The first-order chi connectivity index (χ1) is 7.79. The number of aliphatic hydroxyl groups excluding tert-OH is 1. The van der Waals surface area contributed by atoms with E-state index in [0.717, 1.165) is 5.56 Å². The minimum absolute atomic E-state index is 0.0577. The Bertz CT molecular complexity index is 319. The third-order valence-electron chi connectivity index (χ3n) is 3.25. The van der Waals surface area contributed by atoms with Gasteiger partial charge in [0.05, 0.1) is 12.6 Å². The molecule has 0 bridgehead atoms. The van der Waals surface area contributed by atoms with Crippen molar-refractivity contribution in [3.8, 4) is 0 Å². The molecule has 0 saturated heterocycles. The maximum Gasteiger partial charge on any atom is 0.123 e. The molecule has 1 atom stereocenters. The van der Waals surface area contributed by atoms with Crippen molar-refractivity contribution in [3.05, 3.63) is 35.6 Å². The molecule has 88 valence electrons. The minimum Gasteiger partial charge on any atom is -0.394 e. The Morgan fingerprint density at radius 2 is 1.88 bits per heavy atom. The number of rotatable bonds is 4. The van der Waals surface area contributed by atoms with Crippen LogP contribution in [0.25, 0.3) is 0 Å². The summed E-state index contributed by atoms with van der Waals surface area (Å²) in [5, 5.41) is 12.8. The molecule has 1 fully saturated rings. The summed E-state index contributed by atoms with van der Waals surface area (Å²) in [5.41, 5.74) is 0.954. The highest BCUT2D eigenvalue weighted by atomic mass is 19.1. The van der Waals surface area contributed by atoms with Gasteiger partial charge >= 0.3 is 0 Å². The molecular weight excluding hydrogens is 205 g/mol. The second-order valence-electron chi connectivity index (χ2n) is 4.43. The van der Waals surface area contributed by atoms with Gasteiger partial charge in [-0.05, 0) is 30.5 Å². The Morgan fingerprint density at radius 1 is 1.25 bits per heavy atom. The number of aliphatic hydroxyl groups is 1. The van der Waals surface area contributed by atoms with Crippen LogP contribution >= 0.6 is 0 Å². The van der Waals surface area contributed by atoms with Crippen LogP contribution in [-0.4, -0.2) is 17.8 Å². The van der Waals surface area contributed by atoms with E-state index in [1.54, 1.807) is 12.1 Å². The van der Waals surface area contributed by atoms with Crippen molar-refractivity contribution in [2.24, 2.45) is 0 Å². The predicted molar refractivity (Wildman–Crippen MR) is 61.6 cm³/mol. The maximum absolute atomic E-state index is 12.8. The summed E-state index contributed by atoms with van der Waals surface area (Å²) in [5.74, 6) is -0.235. The summed E-state index contributed by atoms with van der Waals surface area (Å²) in [7, 11) is 0. The Morgan fingerprint density at radius 3 is 2.44 bits per heavy atom. The molecule has 1 aliphatic rings. The average molecular weight is 223 g/mol. The normalized spacial score (nSPS) is 18.9. The SMILES string of the molecule is OCC(NC1CCCC1)c1ccc(F)cc1. The van der Waals surface area contributed by atoms with Gasteiger partial charge in [0, 0.05) is 6.04 Å². The standard InChI is InChI=1S/C13H18FNO/c14-11-7-5-10(6-8-11)13(9-16)15-12-3-1-2-4-12/h5-8,12-13,15-16H,1-4,9H2. The van der Waals surface area contributed by atoms with Gasteiger partial charge in [0.15, 0.2) is 0 Å². The Balaban J connectivity index is 2.00. The lowest BCUT2D eigenvalue weighted by Crippen LogP contribution is -2.32. The lowest BCUT2D eigenvalue weighted by molar-refractivity contribution is 0.233. The van der Waals surface area contributed by atoms with Gasteiger partial charge in [-0.2, -0.15) is 0 Å². The molecular formula is C13H18FNO. The predicted octanol–water partition coefficient (Wildman–Crippen LogP) is 2.39. The van der Waals surface area contributed by atoms with Crippen LogP contribution in [-0.2, 0) is 0 Å². The highest BCUT2D eigenvalue weighted by Crippen LogP contribution is 2.22. The van der Waals surface area contributed by atoms with E-state index in [1.807, 2.05) is 0 Å². The monoisotopic (exact) mass is 223 g/mol. The molecule has 0 heterocycles. The number of nitrogens with one attached hydrogen (secondary N) is 1. The Hall–Kier alpha value is -0.930. The maximum atomic E-state index is 12.8. The van der Waals surface area contributed by atoms with Gasteiger partial charge in [-0.25, -0.2) is 4.39 Å². The highest BCUT2D eigenvalue weighted by molar-refractivity contribution is 5.20. The molecule has 2 N–H and O–H groups in total. The minimum atomic E-state index is -0.235. The fourth-order valence-electron chi connectivity index (χ4n) is 2.33. The van der Waals surface area contributed by atoms with Gasteiger partial charge in [-0.15, -0.1) is 0 Å². The van der Waals surface area contributed by atoms with Gasteiger partial charge in [0.1, 0.15) is 5.82 Å². The third kappa shape index (κ3) is 2.80. The molecule has 0 amide bonds. The molecule has 0 spiro atoms. The van der Waals surface area contributed by atoms with Crippen molar-refractivity contribution in [1.29, 1.82) is 0 Å². The Kier molecular flexibility index (Phi) is 3.91.